The van der Waals surface area contributed by atoms with Gasteiger partial charge in [0.25, 0.3) is 0 Å². The van der Waals surface area contributed by atoms with Gasteiger partial charge in [-0.2, -0.15) is 0 Å². The molecule has 0 aliphatic carbocycles. The van der Waals surface area contributed by atoms with E-state index in [-0.39, 0.29) is 6.10 Å². The average Bonchev–Trinajstić information content (AvgIpc) is 2.67. The first kappa shape index (κ1) is 17.2. The predicted octanol–water partition coefficient (Wildman–Crippen LogP) is 5.40. The van der Waals surface area contributed by atoms with Gasteiger partial charge in [0.1, 0.15) is 17.4 Å². The minimum absolute atomic E-state index is 0.333. The van der Waals surface area contributed by atoms with Crippen LogP contribution in [-0.4, -0.2) is 13.1 Å². The molecule has 0 N–H and O–H groups in total. The highest BCUT2D eigenvalue weighted by Gasteiger charge is 2.22. The Labute approximate surface area is 155 Å². The van der Waals surface area contributed by atoms with Crippen molar-refractivity contribution in [3.05, 3.63) is 100 Å². The maximum atomic E-state index is 12.2. The molecule has 0 amide bonds. The van der Waals surface area contributed by atoms with Gasteiger partial charge in [0.15, 0.2) is 0 Å². The third-order valence-corrected chi connectivity index (χ3v) is 4.48. The van der Waals surface area contributed by atoms with E-state index < -0.39 is 5.97 Å². The summed E-state index contributed by atoms with van der Waals surface area (Å²) in [5.41, 5.74) is 2.39. The smallest absolute Gasteiger partial charge is 0.342 e. The first-order chi connectivity index (χ1) is 12.2. The number of benzene rings is 3. The van der Waals surface area contributed by atoms with Gasteiger partial charge in [0.2, 0.25) is 0 Å². The van der Waals surface area contributed by atoms with Crippen LogP contribution in [0.15, 0.2) is 83.3 Å². The quantitative estimate of drug-likeness (QED) is 0.541. The van der Waals surface area contributed by atoms with Crippen LogP contribution in [0, 0.1) is 0 Å². The zero-order chi connectivity index (χ0) is 17.6. The van der Waals surface area contributed by atoms with Crippen LogP contribution in [0.4, 0.5) is 0 Å². The first-order valence-corrected chi connectivity index (χ1v) is 8.63. The Bertz CT molecular complexity index is 808. The number of esters is 1. The Morgan fingerprint density at radius 3 is 1.92 bits per heavy atom. The molecule has 0 aliphatic rings. The number of hydrogen-bond acceptors (Lipinski definition) is 3. The van der Waals surface area contributed by atoms with E-state index in [0.717, 1.165) is 11.1 Å². The van der Waals surface area contributed by atoms with Crippen LogP contribution in [0.3, 0.4) is 0 Å². The molecule has 0 unspecified atom stereocenters. The van der Waals surface area contributed by atoms with E-state index in [1.54, 1.807) is 12.1 Å². The number of methoxy groups -OCH3 is 1. The summed E-state index contributed by atoms with van der Waals surface area (Å²) >= 11 is 3.41. The van der Waals surface area contributed by atoms with Crippen molar-refractivity contribution >= 4 is 21.9 Å². The molecule has 0 saturated carbocycles. The molecule has 4 heteroatoms. The molecule has 126 valence electrons. The minimum Gasteiger partial charge on any atom is -0.480 e. The fourth-order valence-corrected chi connectivity index (χ4v) is 3.12. The molecule has 0 fully saturated rings. The highest BCUT2D eigenvalue weighted by molar-refractivity contribution is 9.10. The Kier molecular flexibility index (Phi) is 5.51. The second-order valence-corrected chi connectivity index (χ2v) is 6.28. The zero-order valence-corrected chi connectivity index (χ0v) is 15.3. The van der Waals surface area contributed by atoms with Gasteiger partial charge < -0.3 is 9.47 Å². The summed E-state index contributed by atoms with van der Waals surface area (Å²) in [7, 11) is 1.36. The normalized spacial score (nSPS) is 10.5. The molecule has 0 heterocycles. The van der Waals surface area contributed by atoms with Crippen molar-refractivity contribution in [2.24, 2.45) is 0 Å². The Morgan fingerprint density at radius 1 is 0.840 bits per heavy atom. The second-order valence-electron chi connectivity index (χ2n) is 5.42. The molecule has 0 spiro atoms. The van der Waals surface area contributed by atoms with Crippen molar-refractivity contribution in [1.82, 2.24) is 0 Å². The fourth-order valence-electron chi connectivity index (χ4n) is 2.61. The first-order valence-electron chi connectivity index (χ1n) is 7.84. The molecule has 0 radical (unpaired) electrons. The third kappa shape index (κ3) is 3.91. The molecule has 0 aromatic heterocycles. The highest BCUT2D eigenvalue weighted by Crippen LogP contribution is 2.33. The standard InChI is InChI=1S/C21H17BrO3/c1-24-21(23)19-17(22)13-8-14-18(19)25-20(15-9-4-2-5-10-15)16-11-6-3-7-12-16/h2-14,20H,1H3. The predicted molar refractivity (Wildman–Crippen MR) is 101 cm³/mol. The molecule has 25 heavy (non-hydrogen) atoms. The Balaban J connectivity index is 2.06. The number of carbonyl (C=O) groups is 1. The number of carbonyl (C=O) groups excluding carboxylic acids is 1. The van der Waals surface area contributed by atoms with E-state index in [1.807, 2.05) is 66.7 Å². The number of rotatable bonds is 5. The van der Waals surface area contributed by atoms with Crippen LogP contribution in [-0.2, 0) is 4.74 Å². The Morgan fingerprint density at radius 2 is 1.40 bits per heavy atom. The van der Waals surface area contributed by atoms with Crippen LogP contribution < -0.4 is 4.74 Å². The van der Waals surface area contributed by atoms with Gasteiger partial charge >= 0.3 is 5.97 Å². The SMILES string of the molecule is COC(=O)c1c(Br)cccc1OC(c1ccccc1)c1ccccc1. The lowest BCUT2D eigenvalue weighted by Gasteiger charge is -2.22. The molecule has 0 aliphatic heterocycles. The van der Waals surface area contributed by atoms with E-state index in [1.165, 1.54) is 7.11 Å². The van der Waals surface area contributed by atoms with Crippen molar-refractivity contribution in [1.29, 1.82) is 0 Å². The molecule has 0 bridgehead atoms. The number of hydrogen-bond donors (Lipinski definition) is 0. The zero-order valence-electron chi connectivity index (χ0n) is 13.7. The lowest BCUT2D eigenvalue weighted by Crippen LogP contribution is -2.13. The summed E-state index contributed by atoms with van der Waals surface area (Å²) in [6.45, 7) is 0. The van der Waals surface area contributed by atoms with Gasteiger partial charge in [-0.1, -0.05) is 66.7 Å². The molecule has 0 atom stereocenters. The average molecular weight is 397 g/mol. The topological polar surface area (TPSA) is 35.5 Å². The van der Waals surface area contributed by atoms with Crippen LogP contribution >= 0.6 is 15.9 Å². The summed E-state index contributed by atoms with van der Waals surface area (Å²) in [4.78, 5) is 12.2. The lowest BCUT2D eigenvalue weighted by molar-refractivity contribution is 0.0593. The van der Waals surface area contributed by atoms with Crippen LogP contribution in [0.2, 0.25) is 0 Å². The minimum atomic E-state index is -0.442. The summed E-state index contributed by atoms with van der Waals surface area (Å²) < 4.78 is 11.8. The van der Waals surface area contributed by atoms with E-state index in [2.05, 4.69) is 15.9 Å². The van der Waals surface area contributed by atoms with Gasteiger partial charge in [-0.3, -0.25) is 0 Å². The summed E-state index contributed by atoms with van der Waals surface area (Å²) in [6.07, 6.45) is -0.333. The van der Waals surface area contributed by atoms with Crippen LogP contribution in [0.5, 0.6) is 5.75 Å². The largest absolute Gasteiger partial charge is 0.480 e. The molecule has 3 aromatic carbocycles. The number of halogens is 1. The number of ether oxygens (including phenoxy) is 2. The molecule has 3 rings (SSSR count). The lowest BCUT2D eigenvalue weighted by atomic mass is 10.0. The summed E-state index contributed by atoms with van der Waals surface area (Å²) in [5.74, 6) is 0.0290. The van der Waals surface area contributed by atoms with E-state index in [9.17, 15) is 4.79 Å². The van der Waals surface area contributed by atoms with Gasteiger partial charge in [0, 0.05) is 4.47 Å². The van der Waals surface area contributed by atoms with Gasteiger partial charge in [0.05, 0.1) is 7.11 Å². The highest BCUT2D eigenvalue weighted by atomic mass is 79.9. The van der Waals surface area contributed by atoms with Crippen molar-refractivity contribution in [3.63, 3.8) is 0 Å². The Hall–Kier alpha value is -2.59. The van der Waals surface area contributed by atoms with E-state index in [0.29, 0.717) is 15.8 Å². The fraction of sp³-hybridized carbons (Fsp3) is 0.0952. The van der Waals surface area contributed by atoms with Crippen LogP contribution in [0.1, 0.15) is 27.6 Å². The van der Waals surface area contributed by atoms with Crippen molar-refractivity contribution in [3.8, 4) is 5.75 Å². The maximum Gasteiger partial charge on any atom is 0.342 e. The van der Waals surface area contributed by atoms with Gasteiger partial charge in [-0.15, -0.1) is 0 Å². The molecule has 3 nitrogen and oxygen atoms in total. The maximum absolute atomic E-state index is 12.2. The van der Waals surface area contributed by atoms with E-state index in [4.69, 9.17) is 9.47 Å². The van der Waals surface area contributed by atoms with Gasteiger partial charge in [-0.05, 0) is 39.2 Å². The molecular weight excluding hydrogens is 380 g/mol. The second kappa shape index (κ2) is 7.99. The molecule has 0 saturated heterocycles. The molecular formula is C21H17BrO3. The summed E-state index contributed by atoms with van der Waals surface area (Å²) in [5, 5.41) is 0. The van der Waals surface area contributed by atoms with Crippen molar-refractivity contribution in [2.45, 2.75) is 6.10 Å². The van der Waals surface area contributed by atoms with Crippen molar-refractivity contribution in [2.75, 3.05) is 7.11 Å². The van der Waals surface area contributed by atoms with E-state index >= 15 is 0 Å². The summed E-state index contributed by atoms with van der Waals surface area (Å²) in [6, 6.07) is 25.2. The monoisotopic (exact) mass is 396 g/mol. The molecule has 3 aromatic rings. The van der Waals surface area contributed by atoms with Gasteiger partial charge in [-0.25, -0.2) is 4.79 Å². The van der Waals surface area contributed by atoms with Crippen LogP contribution in [0.25, 0.3) is 0 Å². The van der Waals surface area contributed by atoms with Crippen molar-refractivity contribution < 1.29 is 14.3 Å². The third-order valence-electron chi connectivity index (χ3n) is 3.81.